The SMILES string of the molecule is COc1cc(/C=C2\SC(=O)N(c3ccccc3Cl)C2=O)c(Br)cc1OCc1ccc(Cl)cc1Cl. The lowest BCUT2D eigenvalue weighted by Gasteiger charge is -2.14. The molecule has 0 saturated carbocycles. The zero-order valence-corrected chi connectivity index (χ0v) is 22.2. The summed E-state index contributed by atoms with van der Waals surface area (Å²) in [5.41, 5.74) is 1.75. The molecule has 0 aliphatic carbocycles. The van der Waals surface area contributed by atoms with Gasteiger partial charge in [0.1, 0.15) is 6.61 Å². The van der Waals surface area contributed by atoms with Gasteiger partial charge in [-0.15, -0.1) is 0 Å². The van der Waals surface area contributed by atoms with Gasteiger partial charge in [0.05, 0.1) is 22.7 Å². The molecule has 1 aliphatic heterocycles. The maximum absolute atomic E-state index is 13.0. The van der Waals surface area contributed by atoms with Gasteiger partial charge in [-0.1, -0.05) is 68.9 Å². The van der Waals surface area contributed by atoms with Gasteiger partial charge < -0.3 is 9.47 Å². The average Bonchev–Trinajstić information content (AvgIpc) is 3.07. The number of hydrogen-bond acceptors (Lipinski definition) is 5. The zero-order chi connectivity index (χ0) is 24.4. The van der Waals surface area contributed by atoms with Crippen molar-refractivity contribution in [2.24, 2.45) is 0 Å². The minimum absolute atomic E-state index is 0.203. The van der Waals surface area contributed by atoms with Gasteiger partial charge in [-0.3, -0.25) is 9.59 Å². The summed E-state index contributed by atoms with van der Waals surface area (Å²) in [7, 11) is 1.51. The lowest BCUT2D eigenvalue weighted by Crippen LogP contribution is -2.27. The van der Waals surface area contributed by atoms with E-state index in [4.69, 9.17) is 44.3 Å². The van der Waals surface area contributed by atoms with Crippen LogP contribution in [-0.4, -0.2) is 18.3 Å². The molecule has 3 aromatic rings. The largest absolute Gasteiger partial charge is 0.493 e. The number of carbonyl (C=O) groups excluding carboxylic acids is 2. The summed E-state index contributed by atoms with van der Waals surface area (Å²) in [4.78, 5) is 26.9. The molecule has 0 spiro atoms. The lowest BCUT2D eigenvalue weighted by atomic mass is 10.1. The van der Waals surface area contributed by atoms with Gasteiger partial charge in [-0.2, -0.15) is 0 Å². The number of rotatable bonds is 6. The molecule has 4 rings (SSSR count). The number of imide groups is 1. The molecule has 0 atom stereocenters. The van der Waals surface area contributed by atoms with Crippen LogP contribution in [0, 0.1) is 0 Å². The van der Waals surface area contributed by atoms with Crippen LogP contribution in [0.15, 0.2) is 64.0 Å². The molecule has 1 saturated heterocycles. The van der Waals surface area contributed by atoms with Crippen LogP contribution in [0.3, 0.4) is 0 Å². The Balaban J connectivity index is 1.60. The van der Waals surface area contributed by atoms with E-state index >= 15 is 0 Å². The number of carbonyl (C=O) groups is 2. The van der Waals surface area contributed by atoms with Crippen LogP contribution in [0.4, 0.5) is 10.5 Å². The highest BCUT2D eigenvalue weighted by Crippen LogP contribution is 2.41. The Bertz CT molecular complexity index is 1330. The van der Waals surface area contributed by atoms with Gasteiger partial charge in [0.25, 0.3) is 11.1 Å². The number of halogens is 4. The monoisotopic (exact) mass is 597 g/mol. The molecule has 5 nitrogen and oxygen atoms in total. The second kappa shape index (κ2) is 10.6. The summed E-state index contributed by atoms with van der Waals surface area (Å²) in [5.74, 6) is 0.471. The van der Waals surface area contributed by atoms with Crippen molar-refractivity contribution in [1.82, 2.24) is 0 Å². The quantitative estimate of drug-likeness (QED) is 0.267. The molecule has 2 amide bonds. The minimum Gasteiger partial charge on any atom is -0.493 e. The molecule has 34 heavy (non-hydrogen) atoms. The Morgan fingerprint density at radius 2 is 1.76 bits per heavy atom. The summed E-state index contributed by atoms with van der Waals surface area (Å²) in [5, 5.41) is 0.928. The molecule has 174 valence electrons. The summed E-state index contributed by atoms with van der Waals surface area (Å²) >= 11 is 22.7. The van der Waals surface area contributed by atoms with Gasteiger partial charge in [-0.25, -0.2) is 4.90 Å². The van der Waals surface area contributed by atoms with E-state index in [-0.39, 0.29) is 11.5 Å². The fraction of sp³-hybridized carbons (Fsp3) is 0.0833. The number of nitrogens with zero attached hydrogens (tertiary/aromatic N) is 1. The van der Waals surface area contributed by atoms with Crippen molar-refractivity contribution in [3.63, 3.8) is 0 Å². The van der Waals surface area contributed by atoms with E-state index in [1.807, 2.05) is 0 Å². The first-order valence-corrected chi connectivity index (χ1v) is 12.5. The molecule has 1 aliphatic rings. The highest BCUT2D eigenvalue weighted by atomic mass is 79.9. The number of benzene rings is 3. The second-order valence-electron chi connectivity index (χ2n) is 7.02. The molecule has 1 fully saturated rings. The van der Waals surface area contributed by atoms with Crippen LogP contribution < -0.4 is 14.4 Å². The topological polar surface area (TPSA) is 55.8 Å². The molecule has 0 radical (unpaired) electrons. The number of methoxy groups -OCH3 is 1. The molecule has 0 N–H and O–H groups in total. The van der Waals surface area contributed by atoms with Crippen molar-refractivity contribution < 1.29 is 19.1 Å². The average molecular weight is 600 g/mol. The van der Waals surface area contributed by atoms with Crippen molar-refractivity contribution in [2.75, 3.05) is 12.0 Å². The van der Waals surface area contributed by atoms with E-state index in [1.165, 1.54) is 7.11 Å². The highest BCUT2D eigenvalue weighted by Gasteiger charge is 2.37. The van der Waals surface area contributed by atoms with E-state index in [0.717, 1.165) is 22.2 Å². The second-order valence-corrected chi connectivity index (χ2v) is 10.1. The Hall–Kier alpha value is -2.16. The molecule has 1 heterocycles. The van der Waals surface area contributed by atoms with Crippen LogP contribution in [0.5, 0.6) is 11.5 Å². The number of hydrogen-bond donors (Lipinski definition) is 0. The maximum Gasteiger partial charge on any atom is 0.298 e. The van der Waals surface area contributed by atoms with Crippen molar-refractivity contribution in [3.8, 4) is 11.5 Å². The normalized spacial score (nSPS) is 14.7. The number of thioether (sulfide) groups is 1. The van der Waals surface area contributed by atoms with E-state index in [9.17, 15) is 9.59 Å². The Morgan fingerprint density at radius 3 is 2.47 bits per heavy atom. The van der Waals surface area contributed by atoms with Gasteiger partial charge in [0.2, 0.25) is 0 Å². The summed E-state index contributed by atoms with van der Waals surface area (Å²) in [6, 6.07) is 15.3. The smallest absolute Gasteiger partial charge is 0.298 e. The van der Waals surface area contributed by atoms with Gasteiger partial charge in [0.15, 0.2) is 11.5 Å². The number of amides is 2. The third-order valence-electron chi connectivity index (χ3n) is 4.85. The van der Waals surface area contributed by atoms with Crippen molar-refractivity contribution in [1.29, 1.82) is 0 Å². The van der Waals surface area contributed by atoms with Gasteiger partial charge in [0, 0.05) is 20.1 Å². The first-order valence-electron chi connectivity index (χ1n) is 9.75. The van der Waals surface area contributed by atoms with E-state index in [0.29, 0.717) is 42.3 Å². The Labute approximate surface area is 223 Å². The zero-order valence-electron chi connectivity index (χ0n) is 17.5. The molecule has 0 bridgehead atoms. The number of para-hydroxylation sites is 1. The number of anilines is 1. The third-order valence-corrected chi connectivity index (χ3v) is 7.32. The first-order chi connectivity index (χ1) is 16.3. The molecular weight excluding hydrogens is 585 g/mol. The van der Waals surface area contributed by atoms with Crippen molar-refractivity contribution in [3.05, 3.63) is 90.2 Å². The standard InChI is InChI=1S/C24H15BrCl3NO4S/c1-32-20-8-14(16(25)11-21(20)33-12-13-6-7-15(26)10-18(13)28)9-22-23(30)29(24(31)34-22)19-5-3-2-4-17(19)27/h2-11H,12H2,1H3/b22-9-. The van der Waals surface area contributed by atoms with Gasteiger partial charge in [-0.05, 0) is 59.8 Å². The van der Waals surface area contributed by atoms with E-state index in [1.54, 1.807) is 60.7 Å². The summed E-state index contributed by atoms with van der Waals surface area (Å²) in [6.45, 7) is 0.203. The maximum atomic E-state index is 13.0. The minimum atomic E-state index is -0.452. The summed E-state index contributed by atoms with van der Waals surface area (Å²) in [6.07, 6.45) is 1.62. The highest BCUT2D eigenvalue weighted by molar-refractivity contribution is 9.10. The van der Waals surface area contributed by atoms with Crippen LogP contribution in [0.25, 0.3) is 6.08 Å². The molecule has 3 aromatic carbocycles. The van der Waals surface area contributed by atoms with Crippen molar-refractivity contribution in [2.45, 2.75) is 6.61 Å². The van der Waals surface area contributed by atoms with Crippen LogP contribution >= 0.6 is 62.5 Å². The predicted octanol–water partition coefficient (Wildman–Crippen LogP) is 8.24. The summed E-state index contributed by atoms with van der Waals surface area (Å²) < 4.78 is 12.0. The molecule has 0 aromatic heterocycles. The Kier molecular flexibility index (Phi) is 7.80. The van der Waals surface area contributed by atoms with Crippen LogP contribution in [0.2, 0.25) is 15.1 Å². The lowest BCUT2D eigenvalue weighted by molar-refractivity contribution is -0.113. The number of ether oxygens (including phenoxy) is 2. The van der Waals surface area contributed by atoms with E-state index in [2.05, 4.69) is 15.9 Å². The third kappa shape index (κ3) is 5.24. The fourth-order valence-corrected chi connectivity index (χ4v) is 5.12. The molecule has 0 unspecified atom stereocenters. The van der Waals surface area contributed by atoms with Gasteiger partial charge >= 0.3 is 0 Å². The fourth-order valence-electron chi connectivity index (χ4n) is 3.18. The van der Waals surface area contributed by atoms with Crippen molar-refractivity contribution >= 4 is 85.4 Å². The Morgan fingerprint density at radius 1 is 1.00 bits per heavy atom. The van der Waals surface area contributed by atoms with Crippen LogP contribution in [0.1, 0.15) is 11.1 Å². The molecule has 10 heteroatoms. The van der Waals surface area contributed by atoms with E-state index < -0.39 is 11.1 Å². The molecular formula is C24H15BrCl3NO4S. The predicted molar refractivity (Wildman–Crippen MR) is 141 cm³/mol. The van der Waals surface area contributed by atoms with Crippen LogP contribution in [-0.2, 0) is 11.4 Å². The first kappa shape index (κ1) is 24.9.